The number of fused-ring (bicyclic) bond motifs is 1. The smallest absolute Gasteiger partial charge is 0.243 e. The number of aryl methyl sites for hydroxylation is 2. The van der Waals surface area contributed by atoms with E-state index in [1.54, 1.807) is 0 Å². The second kappa shape index (κ2) is 6.67. The van der Waals surface area contributed by atoms with Crippen LogP contribution in [0.1, 0.15) is 18.1 Å². The number of amides is 1. The number of benzene rings is 2. The fraction of sp³-hybridized carbons (Fsp3) is 0.316. The highest BCUT2D eigenvalue weighted by Gasteiger charge is 2.23. The van der Waals surface area contributed by atoms with E-state index in [9.17, 15) is 4.79 Å². The number of nitrogens with one attached hydrogen (secondary N) is 1. The van der Waals surface area contributed by atoms with Gasteiger partial charge in [-0.2, -0.15) is 0 Å². The Labute approximate surface area is 142 Å². The molecule has 3 nitrogen and oxygen atoms in total. The van der Waals surface area contributed by atoms with Gasteiger partial charge in [0.1, 0.15) is 0 Å². The summed E-state index contributed by atoms with van der Waals surface area (Å²) in [5, 5.41) is 3.54. The van der Waals surface area contributed by atoms with E-state index >= 15 is 0 Å². The summed E-state index contributed by atoms with van der Waals surface area (Å²) >= 11 is 1.88. The zero-order chi connectivity index (χ0) is 16.4. The van der Waals surface area contributed by atoms with E-state index in [1.807, 2.05) is 43.8 Å². The maximum absolute atomic E-state index is 12.5. The van der Waals surface area contributed by atoms with Crippen LogP contribution in [0, 0.1) is 13.8 Å². The predicted molar refractivity (Wildman–Crippen MR) is 98.5 cm³/mol. The molecule has 1 amide bonds. The van der Waals surface area contributed by atoms with Crippen LogP contribution in [0.2, 0.25) is 0 Å². The zero-order valence-corrected chi connectivity index (χ0v) is 14.6. The molecule has 0 spiro atoms. The van der Waals surface area contributed by atoms with Gasteiger partial charge in [0, 0.05) is 22.4 Å². The minimum Gasteiger partial charge on any atom is -0.360 e. The summed E-state index contributed by atoms with van der Waals surface area (Å²) in [4.78, 5) is 15.9. The summed E-state index contributed by atoms with van der Waals surface area (Å²) in [7, 11) is 0. The van der Waals surface area contributed by atoms with E-state index in [-0.39, 0.29) is 5.91 Å². The molecule has 1 heterocycles. The average molecular weight is 326 g/mol. The lowest BCUT2D eigenvalue weighted by atomic mass is 10.1. The molecule has 1 N–H and O–H groups in total. The van der Waals surface area contributed by atoms with Crippen molar-refractivity contribution >= 4 is 29.0 Å². The number of para-hydroxylation sites is 1. The monoisotopic (exact) mass is 326 g/mol. The van der Waals surface area contributed by atoms with E-state index in [4.69, 9.17) is 0 Å². The average Bonchev–Trinajstić information content (AvgIpc) is 2.50. The van der Waals surface area contributed by atoms with E-state index in [0.29, 0.717) is 11.8 Å². The normalized spacial score (nSPS) is 16.8. The Balaban J connectivity index is 1.74. The van der Waals surface area contributed by atoms with Crippen LogP contribution in [-0.4, -0.2) is 24.2 Å². The van der Waals surface area contributed by atoms with E-state index in [1.165, 1.54) is 4.90 Å². The Morgan fingerprint density at radius 1 is 1.26 bits per heavy atom. The molecule has 1 atom stereocenters. The van der Waals surface area contributed by atoms with Gasteiger partial charge in [-0.05, 0) is 43.2 Å². The van der Waals surface area contributed by atoms with Crippen LogP contribution in [0.25, 0.3) is 0 Å². The molecule has 4 heteroatoms. The van der Waals surface area contributed by atoms with Crippen LogP contribution in [0.5, 0.6) is 0 Å². The number of carbonyl (C=O) groups is 1. The fourth-order valence-electron chi connectivity index (χ4n) is 2.86. The molecule has 1 unspecified atom stereocenters. The van der Waals surface area contributed by atoms with Crippen molar-refractivity contribution in [1.82, 2.24) is 0 Å². The third kappa shape index (κ3) is 3.70. The van der Waals surface area contributed by atoms with Crippen molar-refractivity contribution in [1.29, 1.82) is 0 Å². The highest BCUT2D eigenvalue weighted by molar-refractivity contribution is 8.00. The van der Waals surface area contributed by atoms with Crippen LogP contribution in [0.15, 0.2) is 47.4 Å². The minimum atomic E-state index is 0.0348. The Morgan fingerprint density at radius 3 is 2.87 bits per heavy atom. The molecule has 0 aromatic heterocycles. The summed E-state index contributed by atoms with van der Waals surface area (Å²) in [6.07, 6.45) is 0. The molecule has 120 valence electrons. The van der Waals surface area contributed by atoms with E-state index in [0.717, 1.165) is 29.0 Å². The highest BCUT2D eigenvalue weighted by Crippen LogP contribution is 2.37. The Bertz CT molecular complexity index is 729. The molecule has 1 aliphatic heterocycles. The third-order valence-corrected chi connectivity index (χ3v) is 5.16. The first kappa shape index (κ1) is 15.9. The maximum Gasteiger partial charge on any atom is 0.243 e. The van der Waals surface area contributed by atoms with Crippen molar-refractivity contribution in [3.63, 3.8) is 0 Å². The molecule has 23 heavy (non-hydrogen) atoms. The summed E-state index contributed by atoms with van der Waals surface area (Å²) < 4.78 is 0. The summed E-state index contributed by atoms with van der Waals surface area (Å²) in [5.74, 6) is 0.0348. The molecular weight excluding hydrogens is 304 g/mol. The fourth-order valence-corrected chi connectivity index (χ4v) is 4.03. The second-order valence-electron chi connectivity index (χ2n) is 6.14. The van der Waals surface area contributed by atoms with Crippen LogP contribution in [0.3, 0.4) is 0 Å². The van der Waals surface area contributed by atoms with Gasteiger partial charge in [-0.15, -0.1) is 11.8 Å². The number of thioether (sulfide) groups is 1. The van der Waals surface area contributed by atoms with Crippen molar-refractivity contribution in [2.45, 2.75) is 30.9 Å². The summed E-state index contributed by atoms with van der Waals surface area (Å²) in [5.41, 5.74) is 4.31. The predicted octanol–water partition coefficient (Wildman–Crippen LogP) is 4.24. The first-order valence-corrected chi connectivity index (χ1v) is 8.78. The zero-order valence-electron chi connectivity index (χ0n) is 13.8. The van der Waals surface area contributed by atoms with Crippen molar-refractivity contribution in [3.8, 4) is 0 Å². The van der Waals surface area contributed by atoms with Crippen LogP contribution < -0.4 is 10.2 Å². The lowest BCUT2D eigenvalue weighted by Crippen LogP contribution is -2.39. The van der Waals surface area contributed by atoms with Crippen LogP contribution >= 0.6 is 11.8 Å². The maximum atomic E-state index is 12.5. The molecule has 1 aliphatic rings. The summed E-state index contributed by atoms with van der Waals surface area (Å²) in [6.45, 7) is 7.53. The van der Waals surface area contributed by atoms with Gasteiger partial charge in [-0.25, -0.2) is 0 Å². The Morgan fingerprint density at radius 2 is 2.04 bits per heavy atom. The molecular formula is C19H22N2OS. The number of rotatable bonds is 3. The molecule has 2 aromatic carbocycles. The van der Waals surface area contributed by atoms with Crippen molar-refractivity contribution < 1.29 is 4.79 Å². The van der Waals surface area contributed by atoms with Gasteiger partial charge < -0.3 is 10.2 Å². The van der Waals surface area contributed by atoms with Crippen LogP contribution in [0.4, 0.5) is 11.4 Å². The first-order chi connectivity index (χ1) is 11.0. The largest absolute Gasteiger partial charge is 0.360 e. The highest BCUT2D eigenvalue weighted by atomic mass is 32.2. The molecule has 0 saturated carbocycles. The number of nitrogens with zero attached hydrogens (tertiary/aromatic N) is 1. The van der Waals surface area contributed by atoms with Crippen molar-refractivity contribution in [3.05, 3.63) is 53.6 Å². The molecule has 0 radical (unpaired) electrons. The van der Waals surface area contributed by atoms with Gasteiger partial charge in [0.25, 0.3) is 0 Å². The lowest BCUT2D eigenvalue weighted by molar-refractivity contribution is -0.115. The standard InChI is InChI=1S/C19H22N2OS/c1-13-8-9-14(2)16(10-13)20-19(22)12-21-11-15(3)23-18-7-5-4-6-17(18)21/h4-10,15H,11-12H2,1-3H3,(H,20,22). The molecule has 0 saturated heterocycles. The van der Waals surface area contributed by atoms with E-state index < -0.39 is 0 Å². The molecule has 0 fully saturated rings. The number of carbonyl (C=O) groups excluding carboxylic acids is 1. The van der Waals surface area contributed by atoms with Gasteiger partial charge in [-0.3, -0.25) is 4.79 Å². The van der Waals surface area contributed by atoms with Gasteiger partial charge in [0.2, 0.25) is 5.91 Å². The minimum absolute atomic E-state index is 0.0348. The molecule has 0 aliphatic carbocycles. The van der Waals surface area contributed by atoms with Gasteiger partial charge in [-0.1, -0.05) is 31.2 Å². The lowest BCUT2D eigenvalue weighted by Gasteiger charge is -2.33. The first-order valence-electron chi connectivity index (χ1n) is 7.90. The quantitative estimate of drug-likeness (QED) is 0.915. The number of hydrogen-bond acceptors (Lipinski definition) is 3. The summed E-state index contributed by atoms with van der Waals surface area (Å²) in [6, 6.07) is 14.4. The number of anilines is 2. The number of hydrogen-bond donors (Lipinski definition) is 1. The van der Waals surface area contributed by atoms with Crippen molar-refractivity contribution in [2.24, 2.45) is 0 Å². The third-order valence-electron chi connectivity index (χ3n) is 4.01. The second-order valence-corrected chi connectivity index (χ2v) is 7.62. The van der Waals surface area contributed by atoms with Gasteiger partial charge in [0.15, 0.2) is 0 Å². The molecule has 0 bridgehead atoms. The van der Waals surface area contributed by atoms with Crippen molar-refractivity contribution in [2.75, 3.05) is 23.3 Å². The SMILES string of the molecule is Cc1ccc(C)c(NC(=O)CN2CC(C)Sc3ccccc32)c1. The van der Waals surface area contributed by atoms with Gasteiger partial charge in [0.05, 0.1) is 12.2 Å². The molecule has 2 aromatic rings. The molecule has 3 rings (SSSR count). The van der Waals surface area contributed by atoms with Crippen LogP contribution in [-0.2, 0) is 4.79 Å². The van der Waals surface area contributed by atoms with Gasteiger partial charge >= 0.3 is 0 Å². The Hall–Kier alpha value is -1.94. The Kier molecular flexibility index (Phi) is 4.62. The topological polar surface area (TPSA) is 32.3 Å². The van der Waals surface area contributed by atoms with E-state index in [2.05, 4.69) is 41.4 Å².